The molecule has 0 spiro atoms. The molecule has 3 fully saturated rings. The summed E-state index contributed by atoms with van der Waals surface area (Å²) in [6.45, 7) is 7.91. The number of aliphatic hydroxyl groups excluding tert-OH is 2. The third-order valence-electron chi connectivity index (χ3n) is 16.8. The van der Waals surface area contributed by atoms with E-state index in [1.165, 1.54) is 16.2 Å². The highest BCUT2D eigenvalue weighted by Gasteiger charge is 2.53. The number of nitrogens with one attached hydrogen (secondary N) is 5. The van der Waals surface area contributed by atoms with Crippen molar-refractivity contribution in [2.45, 2.75) is 153 Å². The fraction of sp³-hybridized carbons (Fsp3) is 0.412. The van der Waals surface area contributed by atoms with Gasteiger partial charge in [0.2, 0.25) is 23.6 Å². The summed E-state index contributed by atoms with van der Waals surface area (Å²) in [5.74, 6) is 3.89. The highest BCUT2D eigenvalue weighted by Crippen LogP contribution is 2.42. The standard InChI is InChI=1S/C68H77FN10O7S/c1-43-60(87-42-74-43)49-25-23-46(24-26-49)53(75-64(84)54-37-52(81)40-77(54)65(85)61(67(2,3)4)76-66(86)68(69)32-33-68)38-56(83)72-35-31-55(82)71-34-14-6-5-9-16-44-17-15-18-45(36-44)39-78-59(48-21-12-8-13-22-48)57(47-19-10-7-11-20-47)58-62(70)79(41-73-63(58)78)50-27-29-51(80)30-28-50/h7-8,10-13,15,17-26,36,41-42,50-54,61,70,80-81H,5-6,14,27-35,37-40H2,1-4H3,(H,71,82)(H,72,83)(H,75,84)(H,76,86)/t50?,51?,52-,53+,54+,61?/m1/s1. The van der Waals surface area contributed by atoms with Crippen molar-refractivity contribution in [1.82, 2.24) is 45.3 Å². The molecule has 5 amide bonds. The normalized spacial score (nSPS) is 18.7. The lowest BCUT2D eigenvalue weighted by Gasteiger charge is -2.36. The number of nitrogens with zero attached hydrogens (tertiary/aromatic N) is 5. The highest BCUT2D eigenvalue weighted by molar-refractivity contribution is 7.13. The van der Waals surface area contributed by atoms with E-state index in [-0.39, 0.29) is 63.2 Å². The number of amides is 5. The van der Waals surface area contributed by atoms with E-state index in [0.717, 1.165) is 79.9 Å². The molecule has 2 aliphatic carbocycles. The SMILES string of the molecule is Cc1ncsc1-c1ccc([C@H](CC(=O)NCCC(=O)NCCCCC#Cc2cccc(Cn3c(-c4ccccc4)c(-c4ccccc4)c4c(=N)n(C5CCC(O)CC5)cnc43)c2)NC(=O)[C@@H]2C[C@@H](O)CN2C(=O)C(NC(=O)C2(F)CC2)C(C)(C)C)cc1. The van der Waals surface area contributed by atoms with Crippen LogP contribution < -0.4 is 26.8 Å². The topological polar surface area (TPSA) is 237 Å². The van der Waals surface area contributed by atoms with Crippen LogP contribution in [0.15, 0.2) is 121 Å². The van der Waals surface area contributed by atoms with E-state index in [0.29, 0.717) is 49.8 Å². The van der Waals surface area contributed by atoms with Crippen LogP contribution in [0.2, 0.25) is 0 Å². The van der Waals surface area contributed by atoms with Crippen LogP contribution in [0, 0.1) is 29.6 Å². The Hall–Kier alpha value is -8.31. The molecule has 1 saturated heterocycles. The van der Waals surface area contributed by atoms with Crippen molar-refractivity contribution >= 4 is 51.9 Å². The molecule has 10 rings (SSSR count). The first-order valence-corrected chi connectivity index (χ1v) is 31.1. The number of halogens is 1. The Morgan fingerprint density at radius 2 is 1.52 bits per heavy atom. The number of thiazole rings is 1. The number of alkyl halides is 1. The summed E-state index contributed by atoms with van der Waals surface area (Å²) in [5, 5.41) is 42.9. The average molecular weight is 1200 g/mol. The van der Waals surface area contributed by atoms with E-state index in [4.69, 9.17) is 4.98 Å². The molecule has 17 nitrogen and oxygen atoms in total. The molecule has 0 bridgehead atoms. The predicted molar refractivity (Wildman–Crippen MR) is 333 cm³/mol. The third-order valence-corrected chi connectivity index (χ3v) is 17.8. The molecule has 2 saturated carbocycles. The Morgan fingerprint density at radius 3 is 2.20 bits per heavy atom. The molecule has 454 valence electrons. The number of carbonyl (C=O) groups excluding carboxylic acids is 5. The summed E-state index contributed by atoms with van der Waals surface area (Å²) in [5.41, 5.74) is 8.25. The minimum atomic E-state index is -2.03. The van der Waals surface area contributed by atoms with Gasteiger partial charge in [-0.05, 0) is 104 Å². The highest BCUT2D eigenvalue weighted by atomic mass is 32.1. The van der Waals surface area contributed by atoms with Crippen LogP contribution in [0.5, 0.6) is 0 Å². The number of unbranched alkanes of at least 4 members (excludes halogenated alkanes) is 2. The smallest absolute Gasteiger partial charge is 0.258 e. The first kappa shape index (κ1) is 61.8. The largest absolute Gasteiger partial charge is 0.393 e. The molecule has 19 heteroatoms. The molecule has 3 aliphatic rings. The molecule has 1 aliphatic heterocycles. The molecule has 4 aromatic carbocycles. The maximum Gasteiger partial charge on any atom is 0.258 e. The molecular weight excluding hydrogens is 1120 g/mol. The Balaban J connectivity index is 0.734. The van der Waals surface area contributed by atoms with E-state index in [9.17, 15) is 44.0 Å². The quantitative estimate of drug-likeness (QED) is 0.0268. The minimum absolute atomic E-state index is 0.0274. The zero-order chi connectivity index (χ0) is 61.4. The summed E-state index contributed by atoms with van der Waals surface area (Å²) in [6, 6.07) is 33.0. The summed E-state index contributed by atoms with van der Waals surface area (Å²) in [6.07, 6.45) is 5.36. The van der Waals surface area contributed by atoms with Gasteiger partial charge < -0.3 is 45.5 Å². The number of fused-ring (bicyclic) bond motifs is 1. The number of hydrogen-bond donors (Lipinski definition) is 7. The van der Waals surface area contributed by atoms with Crippen LogP contribution in [-0.4, -0.2) is 113 Å². The zero-order valence-electron chi connectivity index (χ0n) is 49.8. The maximum absolute atomic E-state index is 14.8. The number of aliphatic hydroxyl groups is 2. The number of likely N-dealkylation sites (tertiary alicyclic amines) is 1. The molecule has 7 N–H and O–H groups in total. The third kappa shape index (κ3) is 14.8. The van der Waals surface area contributed by atoms with Crippen LogP contribution in [0.25, 0.3) is 43.9 Å². The first-order chi connectivity index (χ1) is 41.8. The number of β-amino-alcohol motifs (C(OH)–C–C–N with tert-alkyl or cyclic N) is 1. The second-order valence-electron chi connectivity index (χ2n) is 24.4. The van der Waals surface area contributed by atoms with Gasteiger partial charge in [-0.2, -0.15) is 0 Å². The van der Waals surface area contributed by atoms with Gasteiger partial charge in [0.25, 0.3) is 5.91 Å². The van der Waals surface area contributed by atoms with Crippen LogP contribution in [0.3, 0.4) is 0 Å². The van der Waals surface area contributed by atoms with Gasteiger partial charge in [-0.25, -0.2) is 14.4 Å². The number of aryl methyl sites for hydroxylation is 1. The number of carbonyl (C=O) groups is 5. The van der Waals surface area contributed by atoms with Gasteiger partial charge in [-0.3, -0.25) is 29.4 Å². The van der Waals surface area contributed by atoms with Crippen molar-refractivity contribution in [3.8, 4) is 44.7 Å². The average Bonchev–Trinajstić information content (AvgIpc) is 1.67. The van der Waals surface area contributed by atoms with Crippen molar-refractivity contribution in [1.29, 1.82) is 5.41 Å². The number of benzene rings is 4. The van der Waals surface area contributed by atoms with Gasteiger partial charge in [-0.1, -0.05) is 130 Å². The van der Waals surface area contributed by atoms with Gasteiger partial charge in [0.05, 0.1) is 58.2 Å². The van der Waals surface area contributed by atoms with Gasteiger partial charge >= 0.3 is 0 Å². The lowest BCUT2D eigenvalue weighted by atomic mass is 9.85. The van der Waals surface area contributed by atoms with Crippen LogP contribution in [0.4, 0.5) is 4.39 Å². The van der Waals surface area contributed by atoms with Gasteiger partial charge in [0.1, 0.15) is 23.2 Å². The number of hydrogen-bond acceptors (Lipinski definition) is 11. The van der Waals surface area contributed by atoms with Crippen molar-refractivity contribution in [3.05, 3.63) is 149 Å². The lowest BCUT2D eigenvalue weighted by Crippen LogP contribution is -2.59. The van der Waals surface area contributed by atoms with Crippen molar-refractivity contribution in [2.24, 2.45) is 5.41 Å². The fourth-order valence-electron chi connectivity index (χ4n) is 11.8. The molecule has 87 heavy (non-hydrogen) atoms. The minimum Gasteiger partial charge on any atom is -0.393 e. The van der Waals surface area contributed by atoms with E-state index in [1.807, 2.05) is 84.3 Å². The van der Waals surface area contributed by atoms with E-state index in [2.05, 4.69) is 79.1 Å². The Morgan fingerprint density at radius 1 is 0.816 bits per heavy atom. The summed E-state index contributed by atoms with van der Waals surface area (Å²) >= 11 is 1.49. The van der Waals surface area contributed by atoms with Crippen LogP contribution in [-0.2, 0) is 30.5 Å². The van der Waals surface area contributed by atoms with E-state index in [1.54, 1.807) is 32.6 Å². The molecule has 4 atom stereocenters. The summed E-state index contributed by atoms with van der Waals surface area (Å²) in [4.78, 5) is 79.5. The molecule has 4 heterocycles. The van der Waals surface area contributed by atoms with Crippen molar-refractivity contribution in [2.75, 3.05) is 19.6 Å². The zero-order valence-corrected chi connectivity index (χ0v) is 50.6. The molecule has 1 unspecified atom stereocenters. The number of rotatable bonds is 21. The van der Waals surface area contributed by atoms with Crippen molar-refractivity contribution < 1.29 is 38.6 Å². The Labute approximate surface area is 510 Å². The Kier molecular flexibility index (Phi) is 19.3. The van der Waals surface area contributed by atoms with Crippen LogP contribution in [0.1, 0.15) is 132 Å². The van der Waals surface area contributed by atoms with Crippen molar-refractivity contribution in [3.63, 3.8) is 0 Å². The molecule has 3 aromatic heterocycles. The van der Waals surface area contributed by atoms with E-state index >= 15 is 0 Å². The monoisotopic (exact) mass is 1200 g/mol. The maximum atomic E-state index is 14.8. The van der Waals surface area contributed by atoms with Crippen LogP contribution >= 0.6 is 11.3 Å². The summed E-state index contributed by atoms with van der Waals surface area (Å²) in [7, 11) is 0. The van der Waals surface area contributed by atoms with E-state index < -0.39 is 58.9 Å². The number of aromatic nitrogens is 4. The molecule has 0 radical (unpaired) electrons. The summed E-state index contributed by atoms with van der Waals surface area (Å²) < 4.78 is 19.0. The molecular formula is C68H77FN10O7S. The second-order valence-corrected chi connectivity index (χ2v) is 25.3. The lowest BCUT2D eigenvalue weighted by molar-refractivity contribution is -0.145. The Bertz CT molecular complexity index is 3740. The molecule has 7 aromatic rings. The van der Waals surface area contributed by atoms with Gasteiger partial charge in [0, 0.05) is 62.6 Å². The predicted octanol–water partition coefficient (Wildman–Crippen LogP) is 8.99. The van der Waals surface area contributed by atoms with Gasteiger partial charge in [-0.15, -0.1) is 11.3 Å². The fourth-order valence-corrected chi connectivity index (χ4v) is 12.6. The second kappa shape index (κ2) is 27.2. The van der Waals surface area contributed by atoms with Gasteiger partial charge in [0.15, 0.2) is 5.67 Å². The first-order valence-electron chi connectivity index (χ1n) is 30.2.